The Morgan fingerprint density at radius 2 is 1.96 bits per heavy atom. The number of halogens is 2. The molecule has 1 aromatic rings. The Morgan fingerprint density at radius 1 is 1.35 bits per heavy atom. The second kappa shape index (κ2) is 5.88. The summed E-state index contributed by atoms with van der Waals surface area (Å²) >= 11 is 0. The van der Waals surface area contributed by atoms with E-state index in [2.05, 4.69) is 15.1 Å². The van der Waals surface area contributed by atoms with Gasteiger partial charge in [0.25, 0.3) is 9.84 Å². The minimum absolute atomic E-state index is 0.0679. The van der Waals surface area contributed by atoms with Crippen LogP contribution in [0, 0.1) is 0 Å². The molecule has 0 atom stereocenters. The number of nitrogens with zero attached hydrogens (tertiary/aromatic N) is 2. The molecule has 1 aliphatic heterocycles. The van der Waals surface area contributed by atoms with Gasteiger partial charge in [-0.1, -0.05) is 40.6 Å². The normalized spacial score (nSPS) is 18.3. The number of sulfone groups is 1. The minimum atomic E-state index is -5.10. The summed E-state index contributed by atoms with van der Waals surface area (Å²) in [5.74, 6) is 0. The van der Waals surface area contributed by atoms with Crippen molar-refractivity contribution in [3.8, 4) is 0 Å². The molecule has 1 aromatic carbocycles. The van der Waals surface area contributed by atoms with E-state index >= 15 is 0 Å². The van der Waals surface area contributed by atoms with Crippen LogP contribution >= 0.6 is 0 Å². The maximum absolute atomic E-state index is 14.7. The maximum atomic E-state index is 14.7. The van der Waals surface area contributed by atoms with Crippen LogP contribution in [0.5, 0.6) is 0 Å². The van der Waals surface area contributed by atoms with E-state index in [1.54, 1.807) is 19.9 Å². The Morgan fingerprint density at radius 3 is 2.43 bits per heavy atom. The van der Waals surface area contributed by atoms with Crippen molar-refractivity contribution in [2.75, 3.05) is 7.11 Å². The Hall–Kier alpha value is -2.03. The van der Waals surface area contributed by atoms with E-state index in [9.17, 15) is 17.2 Å². The van der Waals surface area contributed by atoms with Crippen LogP contribution in [-0.4, -0.2) is 37.1 Å². The summed E-state index contributed by atoms with van der Waals surface area (Å²) in [5, 5.41) is 1.52. The maximum Gasteiger partial charge on any atom is 0.396 e. The Labute approximate surface area is 132 Å². The number of hydrogen-bond acceptors (Lipinski definition) is 6. The molecular formula is C14H16F2N2O4S. The van der Waals surface area contributed by atoms with E-state index in [-0.39, 0.29) is 12.0 Å². The number of alkyl halides is 2. The zero-order valence-corrected chi connectivity index (χ0v) is 13.6. The Bertz CT molecular complexity index is 743. The molecule has 0 unspecified atom stereocenters. The van der Waals surface area contributed by atoms with Gasteiger partial charge in [0, 0.05) is 12.0 Å². The van der Waals surface area contributed by atoms with Crippen LogP contribution in [0.2, 0.25) is 0 Å². The van der Waals surface area contributed by atoms with Crippen LogP contribution in [-0.2, 0) is 19.5 Å². The molecular weight excluding hydrogens is 330 g/mol. The summed E-state index contributed by atoms with van der Waals surface area (Å²) in [5.41, 5.74) is -2.03. The SMILES string of the molecule is CON=C(c1ccccc1)C(F)(F)S(=O)(=O)C1=NOC(C)(C)C1. The molecule has 1 aliphatic rings. The van der Waals surface area contributed by atoms with Gasteiger partial charge in [-0.15, -0.1) is 0 Å². The molecule has 0 amide bonds. The second-order valence-corrected chi connectivity index (χ2v) is 7.51. The molecule has 2 rings (SSSR count). The van der Waals surface area contributed by atoms with Gasteiger partial charge in [-0.2, -0.15) is 8.78 Å². The summed E-state index contributed by atoms with van der Waals surface area (Å²) in [6.07, 6.45) is -0.250. The third kappa shape index (κ3) is 3.19. The number of rotatable bonds is 4. The van der Waals surface area contributed by atoms with Gasteiger partial charge in [0.05, 0.1) is 0 Å². The van der Waals surface area contributed by atoms with Crippen LogP contribution in [0.3, 0.4) is 0 Å². The molecule has 0 aromatic heterocycles. The average Bonchev–Trinajstić information content (AvgIpc) is 2.86. The second-order valence-electron chi connectivity index (χ2n) is 5.52. The van der Waals surface area contributed by atoms with Crippen molar-refractivity contribution in [3.63, 3.8) is 0 Å². The Balaban J connectivity index is 2.48. The van der Waals surface area contributed by atoms with Crippen LogP contribution < -0.4 is 0 Å². The van der Waals surface area contributed by atoms with Gasteiger partial charge < -0.3 is 9.68 Å². The average molecular weight is 346 g/mol. The van der Waals surface area contributed by atoms with Crippen LogP contribution in [0.15, 0.2) is 40.6 Å². The highest BCUT2D eigenvalue weighted by molar-refractivity contribution is 8.08. The fraction of sp³-hybridized carbons (Fsp3) is 0.429. The summed E-state index contributed by atoms with van der Waals surface area (Å²) in [6, 6.07) is 7.22. The molecule has 0 radical (unpaired) electrons. The molecule has 0 saturated heterocycles. The van der Waals surface area contributed by atoms with Crippen molar-refractivity contribution in [3.05, 3.63) is 35.9 Å². The van der Waals surface area contributed by atoms with E-state index in [1.807, 2.05) is 0 Å². The molecule has 0 aliphatic carbocycles. The topological polar surface area (TPSA) is 77.3 Å². The molecule has 0 spiro atoms. The third-order valence-corrected chi connectivity index (χ3v) is 4.83. The zero-order valence-electron chi connectivity index (χ0n) is 12.8. The lowest BCUT2D eigenvalue weighted by atomic mass is 10.1. The molecule has 126 valence electrons. The highest BCUT2D eigenvalue weighted by Crippen LogP contribution is 2.34. The molecule has 23 heavy (non-hydrogen) atoms. The lowest BCUT2D eigenvalue weighted by molar-refractivity contribution is 0.0123. The first kappa shape index (κ1) is 17.3. The van der Waals surface area contributed by atoms with E-state index in [1.165, 1.54) is 24.3 Å². The van der Waals surface area contributed by atoms with Gasteiger partial charge >= 0.3 is 5.25 Å². The predicted molar refractivity (Wildman–Crippen MR) is 81.1 cm³/mol. The van der Waals surface area contributed by atoms with Crippen molar-refractivity contribution in [2.24, 2.45) is 10.3 Å². The number of benzene rings is 1. The summed E-state index contributed by atoms with van der Waals surface area (Å²) < 4.78 is 54.1. The molecule has 0 bridgehead atoms. The van der Waals surface area contributed by atoms with E-state index < -0.39 is 31.4 Å². The molecule has 0 N–H and O–H groups in total. The zero-order chi connectivity index (χ0) is 17.3. The van der Waals surface area contributed by atoms with Crippen LogP contribution in [0.25, 0.3) is 0 Å². The van der Waals surface area contributed by atoms with Gasteiger partial charge in [0.2, 0.25) is 0 Å². The monoisotopic (exact) mass is 346 g/mol. The van der Waals surface area contributed by atoms with Crippen molar-refractivity contribution in [2.45, 2.75) is 31.1 Å². The predicted octanol–water partition coefficient (Wildman–Crippen LogP) is 2.56. The Kier molecular flexibility index (Phi) is 4.43. The molecule has 1 heterocycles. The standard InChI is InChI=1S/C14H16F2N2O4S/c1-13(2)9-11(17-22-13)23(19,20)14(15,16)12(18-21-3)10-7-5-4-6-8-10/h4-8H,9H2,1-3H3. The van der Waals surface area contributed by atoms with E-state index in [0.29, 0.717) is 0 Å². The van der Waals surface area contributed by atoms with Gasteiger partial charge in [-0.3, -0.25) is 0 Å². The van der Waals surface area contributed by atoms with Crippen molar-refractivity contribution in [1.29, 1.82) is 0 Å². The summed E-state index contributed by atoms with van der Waals surface area (Å²) in [6.45, 7) is 3.11. The van der Waals surface area contributed by atoms with E-state index in [4.69, 9.17) is 4.84 Å². The van der Waals surface area contributed by atoms with Gasteiger partial charge in [-0.05, 0) is 13.8 Å². The fourth-order valence-electron chi connectivity index (χ4n) is 1.98. The van der Waals surface area contributed by atoms with Gasteiger partial charge in [0.1, 0.15) is 12.7 Å². The molecule has 6 nitrogen and oxygen atoms in total. The van der Waals surface area contributed by atoms with Crippen molar-refractivity contribution >= 4 is 20.6 Å². The highest BCUT2D eigenvalue weighted by Gasteiger charge is 2.56. The largest absolute Gasteiger partial charge is 0.399 e. The summed E-state index contributed by atoms with van der Waals surface area (Å²) in [7, 11) is -4.04. The summed E-state index contributed by atoms with van der Waals surface area (Å²) in [4.78, 5) is 9.30. The quantitative estimate of drug-likeness (QED) is 0.620. The first-order valence-corrected chi connectivity index (χ1v) is 8.15. The number of oxime groups is 2. The first-order valence-electron chi connectivity index (χ1n) is 6.66. The molecule has 0 saturated carbocycles. The molecule has 9 heteroatoms. The van der Waals surface area contributed by atoms with Gasteiger partial charge in [-0.25, -0.2) is 8.42 Å². The van der Waals surface area contributed by atoms with Crippen LogP contribution in [0.1, 0.15) is 25.8 Å². The lowest BCUT2D eigenvalue weighted by Gasteiger charge is -2.19. The third-order valence-electron chi connectivity index (χ3n) is 3.12. The lowest BCUT2D eigenvalue weighted by Crippen LogP contribution is -2.43. The smallest absolute Gasteiger partial charge is 0.396 e. The number of hydrogen-bond donors (Lipinski definition) is 0. The van der Waals surface area contributed by atoms with E-state index in [0.717, 1.165) is 7.11 Å². The van der Waals surface area contributed by atoms with Crippen molar-refractivity contribution < 1.29 is 26.9 Å². The minimum Gasteiger partial charge on any atom is -0.399 e. The van der Waals surface area contributed by atoms with Gasteiger partial charge in [0.15, 0.2) is 10.8 Å². The van der Waals surface area contributed by atoms with Crippen LogP contribution in [0.4, 0.5) is 8.78 Å². The molecule has 0 fully saturated rings. The van der Waals surface area contributed by atoms with Crippen molar-refractivity contribution in [1.82, 2.24) is 0 Å². The fourth-order valence-corrected chi connectivity index (χ4v) is 3.36. The highest BCUT2D eigenvalue weighted by atomic mass is 32.2. The first-order chi connectivity index (χ1) is 10.6.